The van der Waals surface area contributed by atoms with Gasteiger partial charge in [-0.05, 0) is 42.8 Å². The minimum Gasteiger partial charge on any atom is -0.358 e. The minimum absolute atomic E-state index is 0.348. The summed E-state index contributed by atoms with van der Waals surface area (Å²) in [6.45, 7) is 6.13. The van der Waals surface area contributed by atoms with Crippen molar-refractivity contribution in [2.75, 3.05) is 5.32 Å². The highest BCUT2D eigenvalue weighted by Crippen LogP contribution is 2.35. The van der Waals surface area contributed by atoms with Crippen LogP contribution < -0.4 is 5.32 Å². The van der Waals surface area contributed by atoms with Crippen molar-refractivity contribution < 1.29 is 4.39 Å². The fraction of sp³-hybridized carbons (Fsp3) is 0.107. The number of hydrogen-bond acceptors (Lipinski definition) is 6. The summed E-state index contributed by atoms with van der Waals surface area (Å²) in [6.07, 6.45) is 10.3. The molecular weight excluding hydrogens is 467 g/mol. The molecule has 5 aromatic heterocycles. The van der Waals surface area contributed by atoms with E-state index in [-0.39, 0.29) is 0 Å². The Bertz CT molecular complexity index is 1750. The average molecular weight is 491 g/mol. The first-order chi connectivity index (χ1) is 18.1. The zero-order valence-corrected chi connectivity index (χ0v) is 20.1. The highest BCUT2D eigenvalue weighted by Gasteiger charge is 2.20. The summed E-state index contributed by atoms with van der Waals surface area (Å²) in [7, 11) is 0. The van der Waals surface area contributed by atoms with Gasteiger partial charge in [0.15, 0.2) is 5.82 Å². The Kier molecular flexibility index (Phi) is 5.65. The fourth-order valence-electron chi connectivity index (χ4n) is 4.45. The third kappa shape index (κ3) is 4.10. The molecule has 3 N–H and O–H groups in total. The van der Waals surface area contributed by atoms with Crippen molar-refractivity contribution in [3.8, 4) is 33.9 Å². The van der Waals surface area contributed by atoms with E-state index in [1.807, 2.05) is 30.3 Å². The van der Waals surface area contributed by atoms with Crippen LogP contribution in [0.4, 0.5) is 10.1 Å². The zero-order chi connectivity index (χ0) is 25.4. The van der Waals surface area contributed by atoms with Crippen molar-refractivity contribution in [3.63, 3.8) is 0 Å². The van der Waals surface area contributed by atoms with E-state index in [0.717, 1.165) is 35.3 Å². The molecule has 37 heavy (non-hydrogen) atoms. The first-order valence-electron chi connectivity index (χ1n) is 11.9. The second-order valence-corrected chi connectivity index (χ2v) is 8.75. The van der Waals surface area contributed by atoms with Crippen LogP contribution in [0.2, 0.25) is 0 Å². The van der Waals surface area contributed by atoms with E-state index in [1.165, 1.54) is 0 Å². The number of nitrogens with one attached hydrogen (secondary N) is 3. The molecule has 182 valence electrons. The van der Waals surface area contributed by atoms with Gasteiger partial charge in [0, 0.05) is 47.2 Å². The molecule has 0 saturated heterocycles. The van der Waals surface area contributed by atoms with E-state index >= 15 is 4.39 Å². The highest BCUT2D eigenvalue weighted by molar-refractivity contribution is 5.98. The SMILES string of the molecule is C=C(CCC)Nc1cncc(-c2ccc3[nH]nc(-c4nc5c(-c6cccnc6)nccc5[nH]4)c3c2F)c1. The number of fused-ring (bicyclic) bond motifs is 2. The number of anilines is 1. The van der Waals surface area contributed by atoms with Crippen LogP contribution in [0.3, 0.4) is 0 Å². The van der Waals surface area contributed by atoms with Gasteiger partial charge in [-0.2, -0.15) is 5.10 Å². The molecule has 0 aliphatic heterocycles. The molecule has 0 aliphatic carbocycles. The number of aromatic amines is 2. The molecule has 0 bridgehead atoms. The average Bonchev–Trinajstić information content (AvgIpc) is 3.54. The van der Waals surface area contributed by atoms with Crippen LogP contribution in [0.25, 0.3) is 55.8 Å². The standard InChI is InChI=1S/C28H23FN8/c1-3-5-16(2)33-19-12-18(14-31-15-19)20-7-8-21-23(24(20)29)27(37-36-21)28-34-22-9-11-32-25(26(22)35-28)17-6-4-10-30-13-17/h4,6-15,33H,2-3,5H2,1H3,(H,34,35)(H,36,37). The lowest BCUT2D eigenvalue weighted by Gasteiger charge is -2.10. The van der Waals surface area contributed by atoms with Crippen LogP contribution in [0.15, 0.2) is 79.7 Å². The number of rotatable bonds is 7. The predicted molar refractivity (Wildman–Crippen MR) is 143 cm³/mol. The maximum Gasteiger partial charge on any atom is 0.159 e. The number of halogens is 1. The molecule has 8 nitrogen and oxygen atoms in total. The number of aromatic nitrogens is 7. The van der Waals surface area contributed by atoms with E-state index in [4.69, 9.17) is 4.98 Å². The first kappa shape index (κ1) is 22.5. The van der Waals surface area contributed by atoms with Gasteiger partial charge in [0.2, 0.25) is 0 Å². The summed E-state index contributed by atoms with van der Waals surface area (Å²) >= 11 is 0. The monoisotopic (exact) mass is 490 g/mol. The molecule has 0 atom stereocenters. The molecule has 0 unspecified atom stereocenters. The van der Waals surface area contributed by atoms with Gasteiger partial charge in [-0.25, -0.2) is 9.37 Å². The van der Waals surface area contributed by atoms with Gasteiger partial charge in [0.25, 0.3) is 0 Å². The van der Waals surface area contributed by atoms with Crippen LogP contribution in [-0.2, 0) is 0 Å². The lowest BCUT2D eigenvalue weighted by molar-refractivity contribution is 0.643. The van der Waals surface area contributed by atoms with Gasteiger partial charge in [-0.3, -0.25) is 20.1 Å². The lowest BCUT2D eigenvalue weighted by Crippen LogP contribution is -1.98. The van der Waals surface area contributed by atoms with Crippen LogP contribution in [0.5, 0.6) is 0 Å². The van der Waals surface area contributed by atoms with Crippen LogP contribution in [0, 0.1) is 5.82 Å². The van der Waals surface area contributed by atoms with Gasteiger partial charge in [0.05, 0.1) is 34.0 Å². The Labute approximate surface area is 211 Å². The van der Waals surface area contributed by atoms with Crippen molar-refractivity contribution in [2.45, 2.75) is 19.8 Å². The Morgan fingerprint density at radius 3 is 2.73 bits per heavy atom. The van der Waals surface area contributed by atoms with E-state index in [2.05, 4.69) is 49.0 Å². The van der Waals surface area contributed by atoms with Gasteiger partial charge in [-0.1, -0.05) is 19.9 Å². The molecule has 0 aliphatic rings. The summed E-state index contributed by atoms with van der Waals surface area (Å²) < 4.78 is 16.1. The van der Waals surface area contributed by atoms with E-state index in [9.17, 15) is 0 Å². The van der Waals surface area contributed by atoms with Crippen LogP contribution in [-0.4, -0.2) is 35.1 Å². The van der Waals surface area contributed by atoms with E-state index in [0.29, 0.717) is 44.8 Å². The summed E-state index contributed by atoms with van der Waals surface area (Å²) in [4.78, 5) is 21.0. The van der Waals surface area contributed by atoms with Gasteiger partial charge < -0.3 is 10.3 Å². The van der Waals surface area contributed by atoms with Crippen molar-refractivity contribution in [1.29, 1.82) is 0 Å². The predicted octanol–water partition coefficient (Wildman–Crippen LogP) is 6.49. The molecule has 6 aromatic rings. The quantitative estimate of drug-likeness (QED) is 0.236. The Balaban J connectivity index is 1.44. The smallest absolute Gasteiger partial charge is 0.159 e. The normalized spacial score (nSPS) is 11.3. The van der Waals surface area contributed by atoms with Crippen molar-refractivity contribution in [3.05, 3.63) is 85.5 Å². The Morgan fingerprint density at radius 2 is 1.89 bits per heavy atom. The number of pyridine rings is 3. The van der Waals surface area contributed by atoms with Crippen molar-refractivity contribution in [2.24, 2.45) is 0 Å². The Morgan fingerprint density at radius 1 is 1.00 bits per heavy atom. The fourth-order valence-corrected chi connectivity index (χ4v) is 4.45. The third-order valence-electron chi connectivity index (χ3n) is 6.15. The highest BCUT2D eigenvalue weighted by atomic mass is 19.1. The topological polar surface area (TPSA) is 108 Å². The molecule has 0 spiro atoms. The molecule has 0 amide bonds. The maximum atomic E-state index is 16.1. The van der Waals surface area contributed by atoms with E-state index in [1.54, 1.807) is 37.1 Å². The molecule has 0 saturated carbocycles. The largest absolute Gasteiger partial charge is 0.358 e. The van der Waals surface area contributed by atoms with Crippen molar-refractivity contribution >= 4 is 27.6 Å². The number of hydrogen-bond donors (Lipinski definition) is 3. The molecular formula is C28H23FN8. The summed E-state index contributed by atoms with van der Waals surface area (Å²) in [5, 5.41) is 10.9. The number of benzene rings is 1. The number of H-pyrrole nitrogens is 2. The zero-order valence-electron chi connectivity index (χ0n) is 20.1. The van der Waals surface area contributed by atoms with Crippen LogP contribution in [0.1, 0.15) is 19.8 Å². The maximum absolute atomic E-state index is 16.1. The van der Waals surface area contributed by atoms with E-state index < -0.39 is 5.82 Å². The lowest BCUT2D eigenvalue weighted by atomic mass is 10.0. The second kappa shape index (κ2) is 9.27. The van der Waals surface area contributed by atoms with Gasteiger partial charge in [0.1, 0.15) is 17.0 Å². The van der Waals surface area contributed by atoms with Crippen LogP contribution >= 0.6 is 0 Å². The summed E-state index contributed by atoms with van der Waals surface area (Å²) in [6, 6.07) is 11.0. The van der Waals surface area contributed by atoms with Crippen molar-refractivity contribution in [1.82, 2.24) is 35.1 Å². The first-order valence-corrected chi connectivity index (χ1v) is 11.9. The van der Waals surface area contributed by atoms with Gasteiger partial charge in [-0.15, -0.1) is 0 Å². The Hall–Kier alpha value is -4.92. The molecule has 6 rings (SSSR count). The number of nitrogens with zero attached hydrogens (tertiary/aromatic N) is 5. The summed E-state index contributed by atoms with van der Waals surface area (Å²) in [5.74, 6) is 0.0403. The minimum atomic E-state index is -0.404. The molecule has 0 fully saturated rings. The number of allylic oxidation sites excluding steroid dienone is 1. The molecule has 9 heteroatoms. The summed E-state index contributed by atoms with van der Waals surface area (Å²) in [5.41, 5.74) is 6.63. The molecule has 5 heterocycles. The molecule has 1 aromatic carbocycles. The second-order valence-electron chi connectivity index (χ2n) is 8.75. The number of imidazole rings is 1. The molecule has 0 radical (unpaired) electrons. The van der Waals surface area contributed by atoms with Gasteiger partial charge >= 0.3 is 0 Å². The third-order valence-corrected chi connectivity index (χ3v) is 6.15.